The van der Waals surface area contributed by atoms with E-state index in [1.807, 2.05) is 0 Å². The molecule has 8 nitrogen and oxygen atoms in total. The Balaban J connectivity index is 1.34. The van der Waals surface area contributed by atoms with Crippen molar-refractivity contribution in [2.75, 3.05) is 18.4 Å². The summed E-state index contributed by atoms with van der Waals surface area (Å²) in [6.07, 6.45) is 9.50. The first-order chi connectivity index (χ1) is 12.5. The smallest absolute Gasteiger partial charge is 0.246 e. The van der Waals surface area contributed by atoms with Gasteiger partial charge in [-0.25, -0.2) is 8.42 Å². The topological polar surface area (TPSA) is 93.0 Å². The third-order valence-corrected chi connectivity index (χ3v) is 8.11. The number of aromatic nitrogens is 4. The largest absolute Gasteiger partial charge is 0.357 e. The number of piperidine rings is 1. The van der Waals surface area contributed by atoms with E-state index >= 15 is 0 Å². The van der Waals surface area contributed by atoms with Gasteiger partial charge < -0.3 is 5.32 Å². The van der Waals surface area contributed by atoms with Crippen LogP contribution in [0.5, 0.6) is 0 Å². The lowest BCUT2D eigenvalue weighted by Crippen LogP contribution is -2.42. The molecule has 1 aliphatic carbocycles. The molecule has 142 valence electrons. The second-order valence-corrected chi connectivity index (χ2v) is 10.0. The molecule has 1 N–H and O–H groups in total. The predicted molar refractivity (Wildman–Crippen MR) is 99.7 cm³/mol. The van der Waals surface area contributed by atoms with Gasteiger partial charge in [-0.3, -0.25) is 4.68 Å². The molecule has 0 amide bonds. The molecule has 0 spiro atoms. The second kappa shape index (κ2) is 7.24. The Morgan fingerprint density at radius 1 is 1.15 bits per heavy atom. The Kier molecular flexibility index (Phi) is 4.98. The molecule has 0 radical (unpaired) electrons. The van der Waals surface area contributed by atoms with Gasteiger partial charge in [0.25, 0.3) is 0 Å². The van der Waals surface area contributed by atoms with Crippen LogP contribution in [0.1, 0.15) is 49.5 Å². The van der Waals surface area contributed by atoms with Crippen LogP contribution in [0.2, 0.25) is 0 Å². The Labute approximate surface area is 157 Å². The lowest BCUT2D eigenvalue weighted by Gasteiger charge is -2.31. The van der Waals surface area contributed by atoms with Crippen molar-refractivity contribution in [2.45, 2.75) is 55.4 Å². The molecule has 0 bridgehead atoms. The summed E-state index contributed by atoms with van der Waals surface area (Å²) in [5.41, 5.74) is 0. The Bertz CT molecular complexity index is 848. The van der Waals surface area contributed by atoms with Crippen LogP contribution in [0.3, 0.4) is 0 Å². The molecule has 26 heavy (non-hydrogen) atoms. The van der Waals surface area contributed by atoms with E-state index in [0.29, 0.717) is 19.0 Å². The standard InChI is InChI=1S/C16H24N6O2S2/c1-21-11-14(10-17-21)26(23,24)22-8-6-13(7-9-22)18-16-20-19-15(25-16)12-4-2-3-5-12/h10-13H,2-9H2,1H3,(H,18,20). The van der Waals surface area contributed by atoms with E-state index in [1.54, 1.807) is 28.9 Å². The fourth-order valence-corrected chi connectivity index (χ4v) is 6.17. The number of aryl methyl sites for hydroxylation is 1. The van der Waals surface area contributed by atoms with E-state index in [0.717, 1.165) is 23.0 Å². The first-order valence-corrected chi connectivity index (χ1v) is 11.4. The molecule has 2 aromatic heterocycles. The number of nitrogens with one attached hydrogen (secondary N) is 1. The summed E-state index contributed by atoms with van der Waals surface area (Å²) in [6, 6.07) is 0.236. The minimum atomic E-state index is -3.45. The third kappa shape index (κ3) is 3.63. The van der Waals surface area contributed by atoms with Gasteiger partial charge in [-0.2, -0.15) is 9.40 Å². The van der Waals surface area contributed by atoms with Crippen LogP contribution in [0.15, 0.2) is 17.3 Å². The third-order valence-electron chi connectivity index (χ3n) is 5.25. The van der Waals surface area contributed by atoms with Crippen LogP contribution < -0.4 is 5.32 Å². The molecule has 3 heterocycles. The highest BCUT2D eigenvalue weighted by molar-refractivity contribution is 7.89. The highest BCUT2D eigenvalue weighted by atomic mass is 32.2. The van der Waals surface area contributed by atoms with Gasteiger partial charge in [0.15, 0.2) is 0 Å². The number of hydrogen-bond acceptors (Lipinski definition) is 7. The molecule has 10 heteroatoms. The van der Waals surface area contributed by atoms with Crippen molar-refractivity contribution in [1.82, 2.24) is 24.3 Å². The fraction of sp³-hybridized carbons (Fsp3) is 0.688. The maximum Gasteiger partial charge on any atom is 0.246 e. The van der Waals surface area contributed by atoms with Crippen molar-refractivity contribution in [3.8, 4) is 0 Å². The summed E-state index contributed by atoms with van der Waals surface area (Å²) >= 11 is 1.65. The van der Waals surface area contributed by atoms with Crippen LogP contribution in [0, 0.1) is 0 Å². The molecule has 0 atom stereocenters. The maximum atomic E-state index is 12.6. The van der Waals surface area contributed by atoms with Gasteiger partial charge in [-0.15, -0.1) is 10.2 Å². The first-order valence-electron chi connectivity index (χ1n) is 9.11. The SMILES string of the molecule is Cn1cc(S(=O)(=O)N2CCC(Nc3nnc(C4CCCC4)s3)CC2)cn1. The summed E-state index contributed by atoms with van der Waals surface area (Å²) in [6.45, 7) is 1.01. The predicted octanol–water partition coefficient (Wildman–Crippen LogP) is 2.19. The summed E-state index contributed by atoms with van der Waals surface area (Å²) in [7, 11) is -1.73. The highest BCUT2D eigenvalue weighted by Gasteiger charge is 2.30. The molecule has 0 unspecified atom stereocenters. The summed E-state index contributed by atoms with van der Waals surface area (Å²) in [5.74, 6) is 0.578. The van der Waals surface area contributed by atoms with Crippen molar-refractivity contribution in [3.63, 3.8) is 0 Å². The van der Waals surface area contributed by atoms with Crippen molar-refractivity contribution in [3.05, 3.63) is 17.4 Å². The number of rotatable bonds is 5. The fourth-order valence-electron chi connectivity index (χ4n) is 3.73. The normalized spacial score (nSPS) is 20.7. The van der Waals surface area contributed by atoms with Gasteiger partial charge in [-0.05, 0) is 25.7 Å². The van der Waals surface area contributed by atoms with Crippen LogP contribution in [-0.4, -0.2) is 51.8 Å². The van der Waals surface area contributed by atoms with E-state index < -0.39 is 10.0 Å². The molecule has 2 aliphatic rings. The number of sulfonamides is 1. The van der Waals surface area contributed by atoms with E-state index in [-0.39, 0.29) is 10.9 Å². The minimum Gasteiger partial charge on any atom is -0.357 e. The quantitative estimate of drug-likeness (QED) is 0.833. The molecule has 1 saturated heterocycles. The summed E-state index contributed by atoms with van der Waals surface area (Å²) in [5, 5.41) is 18.1. The minimum absolute atomic E-state index is 0.236. The zero-order chi connectivity index (χ0) is 18.1. The van der Waals surface area contributed by atoms with Gasteiger partial charge in [0, 0.05) is 38.3 Å². The van der Waals surface area contributed by atoms with E-state index in [1.165, 1.54) is 36.6 Å². The van der Waals surface area contributed by atoms with Gasteiger partial charge in [0.2, 0.25) is 15.2 Å². The summed E-state index contributed by atoms with van der Waals surface area (Å²) in [4.78, 5) is 0.261. The van der Waals surface area contributed by atoms with Crippen LogP contribution in [0.25, 0.3) is 0 Å². The molecule has 1 saturated carbocycles. The molecular formula is C16H24N6O2S2. The Morgan fingerprint density at radius 2 is 1.88 bits per heavy atom. The van der Waals surface area contributed by atoms with Crippen molar-refractivity contribution >= 4 is 26.5 Å². The van der Waals surface area contributed by atoms with Crippen molar-refractivity contribution in [1.29, 1.82) is 0 Å². The number of anilines is 1. The highest BCUT2D eigenvalue weighted by Crippen LogP contribution is 2.36. The van der Waals surface area contributed by atoms with Crippen LogP contribution >= 0.6 is 11.3 Å². The number of nitrogens with zero attached hydrogens (tertiary/aromatic N) is 5. The van der Waals surface area contributed by atoms with Crippen LogP contribution in [-0.2, 0) is 17.1 Å². The molecule has 0 aromatic carbocycles. The zero-order valence-corrected chi connectivity index (χ0v) is 16.5. The van der Waals surface area contributed by atoms with Gasteiger partial charge in [0.05, 0.1) is 6.20 Å². The molecule has 2 fully saturated rings. The molecule has 2 aromatic rings. The van der Waals surface area contributed by atoms with Crippen LogP contribution in [0.4, 0.5) is 5.13 Å². The van der Waals surface area contributed by atoms with E-state index in [4.69, 9.17) is 0 Å². The second-order valence-electron chi connectivity index (χ2n) is 7.10. The van der Waals surface area contributed by atoms with Gasteiger partial charge in [-0.1, -0.05) is 24.2 Å². The van der Waals surface area contributed by atoms with Gasteiger partial charge in [0.1, 0.15) is 9.90 Å². The van der Waals surface area contributed by atoms with Crippen molar-refractivity contribution in [2.24, 2.45) is 7.05 Å². The van der Waals surface area contributed by atoms with Gasteiger partial charge >= 0.3 is 0 Å². The first kappa shape index (κ1) is 17.9. The average molecular weight is 397 g/mol. The maximum absolute atomic E-state index is 12.6. The monoisotopic (exact) mass is 396 g/mol. The molecule has 4 rings (SSSR count). The zero-order valence-electron chi connectivity index (χ0n) is 14.8. The van der Waals surface area contributed by atoms with E-state index in [9.17, 15) is 8.42 Å². The Hall–Kier alpha value is -1.52. The molecule has 1 aliphatic heterocycles. The van der Waals surface area contributed by atoms with Crippen molar-refractivity contribution < 1.29 is 8.42 Å². The van der Waals surface area contributed by atoms with E-state index in [2.05, 4.69) is 20.6 Å². The molecular weight excluding hydrogens is 372 g/mol. The lowest BCUT2D eigenvalue weighted by atomic mass is 10.1. The number of hydrogen-bond donors (Lipinski definition) is 1. The average Bonchev–Trinajstić information content (AvgIpc) is 3.36. The Morgan fingerprint density at radius 3 is 2.54 bits per heavy atom. The summed E-state index contributed by atoms with van der Waals surface area (Å²) < 4.78 is 28.4. The lowest BCUT2D eigenvalue weighted by molar-refractivity contribution is 0.329.